The largest absolute Gasteiger partial charge is 0.308 e. The standard InChI is InChI=1S/C81H70N14/c1-42-29-43(2)32-62(31-42)57-20-25-72-67(37-57)68-38-58(21-26-73(68)94(72)74-27-22-60(78-86-48(7)82-49(8)87-78)39-69(74)80-90-52(11)84-53(12)91-80)63-33-44(3)30-56(35-63)36-66-45(4)34-46(5)77(47(66)6)59-19-24-65-64-17-15-16-18-71(64)95(76(65)41-59)75-28-23-61(79-88-50(9)83-51(10)89-79)40-70(75)81-92-54(13)85-55(14)93-81/h15-35,37-41H,36H2,1-14H3. The summed E-state index contributed by atoms with van der Waals surface area (Å²) in [5.74, 6) is 7.57. The molecule has 14 heteroatoms. The molecule has 464 valence electrons. The molecule has 14 nitrogen and oxygen atoms in total. The molecule has 0 unspecified atom stereocenters. The predicted molar refractivity (Wildman–Crippen MR) is 382 cm³/mol. The number of aryl methyl sites for hydroxylation is 13. The molecular weight excluding hydrogens is 1170 g/mol. The average Bonchev–Trinajstić information content (AvgIpc) is 1.60. The van der Waals surface area contributed by atoms with Gasteiger partial charge in [-0.2, -0.15) is 0 Å². The lowest BCUT2D eigenvalue weighted by molar-refractivity contribution is 0.923. The fraction of sp³-hybridized carbons (Fsp3) is 0.185. The second kappa shape index (κ2) is 23.3. The van der Waals surface area contributed by atoms with E-state index in [9.17, 15) is 0 Å². The highest BCUT2D eigenvalue weighted by Crippen LogP contribution is 2.44. The van der Waals surface area contributed by atoms with Gasteiger partial charge in [0, 0.05) is 43.8 Å². The Balaban J connectivity index is 0.852. The van der Waals surface area contributed by atoms with Crippen molar-refractivity contribution in [3.8, 4) is 90.3 Å². The molecule has 0 fully saturated rings. The molecule has 6 aromatic heterocycles. The van der Waals surface area contributed by atoms with Gasteiger partial charge in [0.05, 0.1) is 33.4 Å². The number of hydrogen-bond donors (Lipinski definition) is 0. The second-order valence-corrected chi connectivity index (χ2v) is 25.6. The Bertz CT molecular complexity index is 5610. The van der Waals surface area contributed by atoms with E-state index < -0.39 is 0 Å². The number of benzene rings is 9. The maximum Gasteiger partial charge on any atom is 0.165 e. The van der Waals surface area contributed by atoms with Gasteiger partial charge in [0.2, 0.25) is 0 Å². The van der Waals surface area contributed by atoms with Gasteiger partial charge in [-0.15, -0.1) is 0 Å². The highest BCUT2D eigenvalue weighted by atomic mass is 15.1. The van der Waals surface area contributed by atoms with Crippen LogP contribution < -0.4 is 0 Å². The van der Waals surface area contributed by atoms with E-state index in [1.807, 2.05) is 55.4 Å². The van der Waals surface area contributed by atoms with Gasteiger partial charge in [0.25, 0.3) is 0 Å². The second-order valence-electron chi connectivity index (χ2n) is 25.6. The zero-order chi connectivity index (χ0) is 65.8. The highest BCUT2D eigenvalue weighted by molar-refractivity contribution is 6.13. The van der Waals surface area contributed by atoms with Crippen LogP contribution in [-0.4, -0.2) is 68.9 Å². The van der Waals surface area contributed by atoms with E-state index >= 15 is 0 Å². The molecule has 0 spiro atoms. The summed E-state index contributed by atoms with van der Waals surface area (Å²) in [6.07, 6.45) is 0.752. The first-order valence-electron chi connectivity index (χ1n) is 32.2. The van der Waals surface area contributed by atoms with Gasteiger partial charge in [0.1, 0.15) is 46.6 Å². The lowest BCUT2D eigenvalue weighted by Gasteiger charge is -2.19. The van der Waals surface area contributed by atoms with E-state index in [0.717, 1.165) is 106 Å². The third-order valence-electron chi connectivity index (χ3n) is 18.2. The fourth-order valence-electron chi connectivity index (χ4n) is 14.5. The van der Waals surface area contributed by atoms with Crippen LogP contribution in [0, 0.1) is 96.9 Å². The molecule has 15 aromatic rings. The van der Waals surface area contributed by atoms with Crippen molar-refractivity contribution >= 4 is 43.6 Å². The molecule has 6 heterocycles. The maximum atomic E-state index is 4.97. The van der Waals surface area contributed by atoms with Crippen molar-refractivity contribution < 1.29 is 0 Å². The van der Waals surface area contributed by atoms with Gasteiger partial charge in [-0.1, -0.05) is 102 Å². The van der Waals surface area contributed by atoms with E-state index in [2.05, 4.69) is 228 Å². The number of fused-ring (bicyclic) bond motifs is 6. The molecule has 0 saturated carbocycles. The molecule has 95 heavy (non-hydrogen) atoms. The van der Waals surface area contributed by atoms with Crippen molar-refractivity contribution in [3.05, 3.63) is 249 Å². The SMILES string of the molecule is Cc1cc(C)cc(-c2ccc3c(c2)c2cc(-c4cc(C)cc(Cc5c(C)cc(C)c(-c6ccc7c8ccccc8n(-c8ccc(-c9nc(C)nc(C)n9)cc8-c8nc(C)nc(C)n8)c7c6)c5C)c4)ccc2n3-c2ccc(-c3nc(C)nc(C)n3)cc2-c2nc(C)nc(C)n2)c1. The molecular formula is C81H70N14. The topological polar surface area (TPSA) is 165 Å². The number of nitrogens with zero attached hydrogens (tertiary/aromatic N) is 14. The van der Waals surface area contributed by atoms with E-state index in [0.29, 0.717) is 69.9 Å². The van der Waals surface area contributed by atoms with Crippen LogP contribution in [0.5, 0.6) is 0 Å². The Kier molecular flexibility index (Phi) is 14.7. The first kappa shape index (κ1) is 59.9. The molecule has 0 N–H and O–H groups in total. The molecule has 0 aliphatic rings. The lowest BCUT2D eigenvalue weighted by Crippen LogP contribution is -2.05. The first-order valence-corrected chi connectivity index (χ1v) is 32.2. The quantitative estimate of drug-likeness (QED) is 0.121. The van der Waals surface area contributed by atoms with Crippen LogP contribution in [0.3, 0.4) is 0 Å². The minimum atomic E-state index is 0.578. The molecule has 0 aliphatic heterocycles. The first-order chi connectivity index (χ1) is 45.7. The Labute approximate surface area is 552 Å². The monoisotopic (exact) mass is 1240 g/mol. The molecule has 0 aliphatic carbocycles. The Morgan fingerprint density at radius 2 is 0.684 bits per heavy atom. The summed E-state index contributed by atoms with van der Waals surface area (Å²) in [4.78, 5) is 57.1. The predicted octanol–water partition coefficient (Wildman–Crippen LogP) is 18.2. The maximum absolute atomic E-state index is 4.97. The smallest absolute Gasteiger partial charge is 0.165 e. The van der Waals surface area contributed by atoms with E-state index in [1.54, 1.807) is 0 Å². The molecule has 0 amide bonds. The zero-order valence-electron chi connectivity index (χ0n) is 56.0. The summed E-state index contributed by atoms with van der Waals surface area (Å²) < 4.78 is 4.74. The number of rotatable bonds is 11. The van der Waals surface area contributed by atoms with Gasteiger partial charge in [0.15, 0.2) is 23.3 Å². The number of para-hydroxylation sites is 1. The van der Waals surface area contributed by atoms with Gasteiger partial charge < -0.3 is 9.13 Å². The third-order valence-corrected chi connectivity index (χ3v) is 18.2. The van der Waals surface area contributed by atoms with Gasteiger partial charge in [-0.25, -0.2) is 59.8 Å². The molecule has 0 bridgehead atoms. The minimum Gasteiger partial charge on any atom is -0.308 e. The van der Waals surface area contributed by atoms with Gasteiger partial charge >= 0.3 is 0 Å². The molecule has 9 aromatic carbocycles. The normalized spacial score (nSPS) is 11.7. The van der Waals surface area contributed by atoms with Crippen LogP contribution in [-0.2, 0) is 6.42 Å². The Morgan fingerprint density at radius 3 is 1.19 bits per heavy atom. The van der Waals surface area contributed by atoms with Crippen molar-refractivity contribution in [1.82, 2.24) is 68.9 Å². The van der Waals surface area contributed by atoms with E-state index in [1.165, 1.54) is 55.6 Å². The van der Waals surface area contributed by atoms with E-state index in [4.69, 9.17) is 39.9 Å². The zero-order valence-corrected chi connectivity index (χ0v) is 56.0. The van der Waals surface area contributed by atoms with Crippen LogP contribution in [0.1, 0.15) is 91.1 Å². The summed E-state index contributed by atoms with van der Waals surface area (Å²) in [7, 11) is 0. The molecule has 0 saturated heterocycles. The molecule has 0 atom stereocenters. The van der Waals surface area contributed by atoms with Crippen LogP contribution in [0.4, 0.5) is 0 Å². The highest BCUT2D eigenvalue weighted by Gasteiger charge is 2.25. The van der Waals surface area contributed by atoms with Crippen molar-refractivity contribution in [3.63, 3.8) is 0 Å². The third kappa shape index (κ3) is 11.0. The lowest BCUT2D eigenvalue weighted by atomic mass is 9.86. The summed E-state index contributed by atoms with van der Waals surface area (Å²) in [6.45, 7) is 28.6. The van der Waals surface area contributed by atoms with Gasteiger partial charge in [-0.05, 0) is 237 Å². The Hall–Kier alpha value is -11.4. The number of aromatic nitrogens is 14. The minimum absolute atomic E-state index is 0.578. The van der Waals surface area contributed by atoms with Crippen molar-refractivity contribution in [2.75, 3.05) is 0 Å². The summed E-state index contributed by atoms with van der Waals surface area (Å²) >= 11 is 0. The van der Waals surface area contributed by atoms with Crippen LogP contribution >= 0.6 is 0 Å². The fourth-order valence-corrected chi connectivity index (χ4v) is 14.5. The van der Waals surface area contributed by atoms with Crippen LogP contribution in [0.2, 0.25) is 0 Å². The molecule has 15 rings (SSSR count). The average molecular weight is 1240 g/mol. The van der Waals surface area contributed by atoms with Crippen LogP contribution in [0.25, 0.3) is 134 Å². The van der Waals surface area contributed by atoms with Crippen molar-refractivity contribution in [1.29, 1.82) is 0 Å². The summed E-state index contributed by atoms with van der Waals surface area (Å²) in [6, 6.07) is 58.4. The molecule has 0 radical (unpaired) electrons. The van der Waals surface area contributed by atoms with Gasteiger partial charge in [-0.3, -0.25) is 0 Å². The Morgan fingerprint density at radius 1 is 0.274 bits per heavy atom. The number of hydrogen-bond acceptors (Lipinski definition) is 12. The van der Waals surface area contributed by atoms with Crippen molar-refractivity contribution in [2.45, 2.75) is 103 Å². The summed E-state index contributed by atoms with van der Waals surface area (Å²) in [5.41, 5.74) is 26.5. The van der Waals surface area contributed by atoms with E-state index in [-0.39, 0.29) is 0 Å². The van der Waals surface area contributed by atoms with Crippen LogP contribution in [0.15, 0.2) is 158 Å². The summed E-state index contributed by atoms with van der Waals surface area (Å²) in [5, 5.41) is 4.57. The van der Waals surface area contributed by atoms with Crippen molar-refractivity contribution in [2.24, 2.45) is 0 Å².